The molecule has 0 saturated carbocycles. The fraction of sp³-hybridized carbons (Fsp3) is 0.667. The van der Waals surface area contributed by atoms with Crippen LogP contribution in [-0.4, -0.2) is 31.6 Å². The van der Waals surface area contributed by atoms with E-state index in [2.05, 4.69) is 5.32 Å². The molecule has 1 aliphatic heterocycles. The van der Waals surface area contributed by atoms with Gasteiger partial charge in [-0.15, -0.1) is 0 Å². The molecule has 1 unspecified atom stereocenters. The highest BCUT2D eigenvalue weighted by atomic mass is 16.5. The average molecular weight is 183 g/mol. The normalized spacial score (nSPS) is 22.2. The summed E-state index contributed by atoms with van der Waals surface area (Å²) in [5, 5.41) is 3.01. The van der Waals surface area contributed by atoms with Crippen LogP contribution in [0, 0.1) is 5.92 Å². The lowest BCUT2D eigenvalue weighted by Crippen LogP contribution is -2.35. The molecular formula is C9H13NO3. The predicted octanol–water partition coefficient (Wildman–Crippen LogP) is -0.0830. The zero-order valence-electron chi connectivity index (χ0n) is 7.63. The number of nitrogens with one attached hydrogen (secondary N) is 1. The number of rotatable bonds is 2. The lowest BCUT2D eigenvalue weighted by Gasteiger charge is -2.21. The first-order chi connectivity index (χ1) is 6.29. The Kier molecular flexibility index (Phi) is 3.68. The Morgan fingerprint density at radius 1 is 1.77 bits per heavy atom. The first-order valence-corrected chi connectivity index (χ1v) is 4.40. The Balaban J connectivity index is 2.64. The third-order valence-electron chi connectivity index (χ3n) is 2.05. The molecule has 0 aromatic heterocycles. The van der Waals surface area contributed by atoms with E-state index in [9.17, 15) is 9.59 Å². The van der Waals surface area contributed by atoms with Gasteiger partial charge >= 0.3 is 5.97 Å². The number of hydrogen-bond acceptors (Lipinski definition) is 4. The van der Waals surface area contributed by atoms with Crippen molar-refractivity contribution < 1.29 is 14.3 Å². The van der Waals surface area contributed by atoms with Crippen LogP contribution in [0.4, 0.5) is 0 Å². The molecule has 0 spiro atoms. The molecule has 1 saturated heterocycles. The van der Waals surface area contributed by atoms with Crippen LogP contribution in [0.3, 0.4) is 0 Å². The summed E-state index contributed by atoms with van der Waals surface area (Å²) in [4.78, 5) is 21.8. The van der Waals surface area contributed by atoms with Crippen molar-refractivity contribution in [3.63, 3.8) is 0 Å². The minimum Gasteiger partial charge on any atom is -0.466 e. The molecule has 4 heteroatoms. The largest absolute Gasteiger partial charge is 0.466 e. The summed E-state index contributed by atoms with van der Waals surface area (Å²) in [6.45, 7) is 3.31. The fourth-order valence-corrected chi connectivity index (χ4v) is 1.38. The van der Waals surface area contributed by atoms with Gasteiger partial charge in [-0.25, -0.2) is 4.79 Å². The smallest absolute Gasteiger partial charge is 0.313 e. The summed E-state index contributed by atoms with van der Waals surface area (Å²) < 4.78 is 4.85. The van der Waals surface area contributed by atoms with Gasteiger partial charge in [-0.2, -0.15) is 0 Å². The van der Waals surface area contributed by atoms with E-state index in [4.69, 9.17) is 4.74 Å². The number of ether oxygens (including phenoxy) is 1. The highest BCUT2D eigenvalue weighted by Crippen LogP contribution is 2.17. The van der Waals surface area contributed by atoms with Crippen LogP contribution in [-0.2, 0) is 14.3 Å². The molecule has 0 aromatic rings. The van der Waals surface area contributed by atoms with E-state index in [0.29, 0.717) is 25.1 Å². The maximum Gasteiger partial charge on any atom is 0.313 e. The maximum absolute atomic E-state index is 11.3. The number of esters is 1. The van der Waals surface area contributed by atoms with Gasteiger partial charge in [0.2, 0.25) is 0 Å². The van der Waals surface area contributed by atoms with Crippen LogP contribution in [0.2, 0.25) is 0 Å². The quantitative estimate of drug-likeness (QED) is 0.480. The molecule has 0 amide bonds. The highest BCUT2D eigenvalue weighted by molar-refractivity contribution is 5.79. The van der Waals surface area contributed by atoms with Crippen molar-refractivity contribution in [2.75, 3.05) is 19.7 Å². The third-order valence-corrected chi connectivity index (χ3v) is 2.05. The Bertz CT molecular complexity index is 243. The summed E-state index contributed by atoms with van der Waals surface area (Å²) >= 11 is 0. The molecule has 1 rings (SSSR count). The van der Waals surface area contributed by atoms with Gasteiger partial charge in [0.25, 0.3) is 0 Å². The van der Waals surface area contributed by atoms with Crippen molar-refractivity contribution in [3.8, 4) is 0 Å². The molecule has 0 aromatic carbocycles. The molecule has 72 valence electrons. The zero-order chi connectivity index (χ0) is 9.68. The average Bonchev–Trinajstić information content (AvgIpc) is 2.18. The summed E-state index contributed by atoms with van der Waals surface area (Å²) in [5.74, 6) is 1.12. The number of carbonyl (C=O) groups is 1. The molecule has 0 aliphatic carbocycles. The number of carbonyl (C=O) groups excluding carboxylic acids is 2. The van der Waals surface area contributed by atoms with E-state index in [0.717, 1.165) is 6.54 Å². The molecule has 13 heavy (non-hydrogen) atoms. The summed E-state index contributed by atoms with van der Waals surface area (Å²) in [5.41, 5.74) is 0.477. The number of hydrogen-bond donors (Lipinski definition) is 1. The maximum atomic E-state index is 11.3. The minimum atomic E-state index is -0.376. The SMILES string of the molecule is CCOC(=O)C1CCNCC1=C=O. The van der Waals surface area contributed by atoms with Gasteiger partial charge in [-0.05, 0) is 19.9 Å². The van der Waals surface area contributed by atoms with E-state index >= 15 is 0 Å². The lowest BCUT2D eigenvalue weighted by molar-refractivity contribution is -0.147. The van der Waals surface area contributed by atoms with E-state index in [-0.39, 0.29) is 11.9 Å². The van der Waals surface area contributed by atoms with Crippen LogP contribution < -0.4 is 5.32 Å². The van der Waals surface area contributed by atoms with Gasteiger partial charge in [0.15, 0.2) is 0 Å². The first kappa shape index (κ1) is 9.96. The second-order valence-electron chi connectivity index (χ2n) is 2.90. The monoisotopic (exact) mass is 183 g/mol. The van der Waals surface area contributed by atoms with Gasteiger partial charge < -0.3 is 10.1 Å². The standard InChI is InChI=1S/C9H13NO3/c1-2-13-9(12)8-3-4-10-5-7(8)6-11/h8,10H,2-5H2,1H3. The molecule has 4 nitrogen and oxygen atoms in total. The van der Waals surface area contributed by atoms with Crippen molar-refractivity contribution in [1.29, 1.82) is 0 Å². The molecule has 0 radical (unpaired) electrons. The zero-order valence-corrected chi connectivity index (χ0v) is 7.63. The molecular weight excluding hydrogens is 170 g/mol. The molecule has 1 atom stereocenters. The summed E-state index contributed by atoms with van der Waals surface area (Å²) in [6, 6.07) is 0. The van der Waals surface area contributed by atoms with Gasteiger partial charge in [-0.3, -0.25) is 4.79 Å². The van der Waals surface area contributed by atoms with Gasteiger partial charge in [0.1, 0.15) is 5.94 Å². The van der Waals surface area contributed by atoms with E-state index < -0.39 is 0 Å². The summed E-state index contributed by atoms with van der Waals surface area (Å²) in [7, 11) is 0. The van der Waals surface area contributed by atoms with E-state index in [1.165, 1.54) is 0 Å². The van der Waals surface area contributed by atoms with Crippen molar-refractivity contribution in [2.45, 2.75) is 13.3 Å². The molecule has 1 fully saturated rings. The van der Waals surface area contributed by atoms with Gasteiger partial charge in [0, 0.05) is 12.1 Å². The Morgan fingerprint density at radius 3 is 3.15 bits per heavy atom. The third kappa shape index (κ3) is 2.41. The topological polar surface area (TPSA) is 55.4 Å². The van der Waals surface area contributed by atoms with Crippen LogP contribution in [0.5, 0.6) is 0 Å². The Hall–Kier alpha value is -1.12. The second kappa shape index (κ2) is 4.80. The summed E-state index contributed by atoms with van der Waals surface area (Å²) in [6.07, 6.45) is 0.628. The van der Waals surface area contributed by atoms with Gasteiger partial charge in [-0.1, -0.05) is 0 Å². The lowest BCUT2D eigenvalue weighted by atomic mass is 9.93. The molecule has 0 bridgehead atoms. The van der Waals surface area contributed by atoms with Crippen LogP contribution >= 0.6 is 0 Å². The van der Waals surface area contributed by atoms with Crippen molar-refractivity contribution in [2.24, 2.45) is 5.92 Å². The highest BCUT2D eigenvalue weighted by Gasteiger charge is 2.27. The van der Waals surface area contributed by atoms with E-state index in [1.54, 1.807) is 12.9 Å². The predicted molar refractivity (Wildman–Crippen MR) is 46.8 cm³/mol. The Morgan fingerprint density at radius 2 is 2.54 bits per heavy atom. The molecule has 1 N–H and O–H groups in total. The minimum absolute atomic E-state index is 0.303. The fourth-order valence-electron chi connectivity index (χ4n) is 1.38. The van der Waals surface area contributed by atoms with Crippen LogP contribution in [0.25, 0.3) is 0 Å². The second-order valence-corrected chi connectivity index (χ2v) is 2.90. The van der Waals surface area contributed by atoms with Gasteiger partial charge in [0.05, 0.1) is 12.5 Å². The van der Waals surface area contributed by atoms with Crippen molar-refractivity contribution in [3.05, 3.63) is 5.57 Å². The molecule has 1 heterocycles. The van der Waals surface area contributed by atoms with Crippen LogP contribution in [0.15, 0.2) is 5.57 Å². The van der Waals surface area contributed by atoms with E-state index in [1.807, 2.05) is 0 Å². The first-order valence-electron chi connectivity index (χ1n) is 4.40. The van der Waals surface area contributed by atoms with Crippen molar-refractivity contribution in [1.82, 2.24) is 5.32 Å². The van der Waals surface area contributed by atoms with Crippen LogP contribution in [0.1, 0.15) is 13.3 Å². The van der Waals surface area contributed by atoms with Crippen molar-refractivity contribution >= 4 is 11.9 Å². The molecule has 1 aliphatic rings. The number of piperidine rings is 1. The Labute approximate surface area is 76.9 Å².